The van der Waals surface area contributed by atoms with Crippen LogP contribution in [0.25, 0.3) is 0 Å². The Kier molecular flexibility index (Phi) is 4.96. The molecule has 0 bridgehead atoms. The second-order valence-electron chi connectivity index (χ2n) is 6.42. The SMILES string of the molecule is CN1CCC[C@H]1[C@H]1CCCN1C(=O)CCCc1cccs1. The Hall–Kier alpha value is -0.870. The summed E-state index contributed by atoms with van der Waals surface area (Å²) in [5.41, 5.74) is 0. The van der Waals surface area contributed by atoms with E-state index in [4.69, 9.17) is 0 Å². The van der Waals surface area contributed by atoms with Crippen molar-refractivity contribution in [3.8, 4) is 0 Å². The van der Waals surface area contributed by atoms with Crippen molar-refractivity contribution < 1.29 is 4.79 Å². The molecule has 116 valence electrons. The molecule has 1 aromatic heterocycles. The lowest BCUT2D eigenvalue weighted by molar-refractivity contribution is -0.133. The van der Waals surface area contributed by atoms with Crippen LogP contribution in [0.3, 0.4) is 0 Å². The molecule has 0 saturated carbocycles. The number of likely N-dealkylation sites (N-methyl/N-ethyl adjacent to an activating group) is 1. The number of hydrogen-bond acceptors (Lipinski definition) is 3. The van der Waals surface area contributed by atoms with Gasteiger partial charge >= 0.3 is 0 Å². The van der Waals surface area contributed by atoms with E-state index in [0.717, 1.165) is 19.4 Å². The lowest BCUT2D eigenvalue weighted by atomic mass is 10.0. The molecule has 2 saturated heterocycles. The van der Waals surface area contributed by atoms with Crippen molar-refractivity contribution in [1.82, 2.24) is 9.80 Å². The molecule has 3 heterocycles. The molecule has 2 aliphatic heterocycles. The van der Waals surface area contributed by atoms with Gasteiger partial charge in [0.15, 0.2) is 0 Å². The van der Waals surface area contributed by atoms with E-state index in [1.807, 2.05) is 0 Å². The maximum Gasteiger partial charge on any atom is 0.222 e. The first-order valence-electron chi connectivity index (χ1n) is 8.28. The van der Waals surface area contributed by atoms with Gasteiger partial charge in [0.25, 0.3) is 0 Å². The van der Waals surface area contributed by atoms with Crippen molar-refractivity contribution in [1.29, 1.82) is 0 Å². The third-order valence-electron chi connectivity index (χ3n) is 5.03. The lowest BCUT2D eigenvalue weighted by Crippen LogP contribution is -2.47. The van der Waals surface area contributed by atoms with Gasteiger partial charge in [0.2, 0.25) is 5.91 Å². The van der Waals surface area contributed by atoms with E-state index < -0.39 is 0 Å². The van der Waals surface area contributed by atoms with E-state index in [-0.39, 0.29) is 0 Å². The molecule has 0 aliphatic carbocycles. The summed E-state index contributed by atoms with van der Waals surface area (Å²) in [6.07, 6.45) is 7.69. The number of nitrogens with zero attached hydrogens (tertiary/aromatic N) is 2. The van der Waals surface area contributed by atoms with Crippen LogP contribution < -0.4 is 0 Å². The van der Waals surface area contributed by atoms with Gasteiger partial charge in [-0.25, -0.2) is 0 Å². The summed E-state index contributed by atoms with van der Waals surface area (Å²) in [5, 5.41) is 2.11. The van der Waals surface area contributed by atoms with Crippen LogP contribution in [0.2, 0.25) is 0 Å². The molecular weight excluding hydrogens is 280 g/mol. The van der Waals surface area contributed by atoms with E-state index in [0.29, 0.717) is 24.4 Å². The lowest BCUT2D eigenvalue weighted by Gasteiger charge is -2.33. The van der Waals surface area contributed by atoms with Gasteiger partial charge in [0.1, 0.15) is 0 Å². The first-order valence-corrected chi connectivity index (χ1v) is 9.16. The quantitative estimate of drug-likeness (QED) is 0.834. The topological polar surface area (TPSA) is 23.6 Å². The third-order valence-corrected chi connectivity index (χ3v) is 5.97. The molecule has 0 N–H and O–H groups in total. The molecule has 0 spiro atoms. The fourth-order valence-electron chi connectivity index (χ4n) is 3.94. The number of amides is 1. The van der Waals surface area contributed by atoms with E-state index in [2.05, 4.69) is 34.4 Å². The van der Waals surface area contributed by atoms with Crippen LogP contribution in [0, 0.1) is 0 Å². The Morgan fingerprint density at radius 2 is 2.10 bits per heavy atom. The molecule has 1 amide bonds. The minimum Gasteiger partial charge on any atom is -0.338 e. The Morgan fingerprint density at radius 3 is 2.81 bits per heavy atom. The number of carbonyl (C=O) groups is 1. The predicted octanol–water partition coefficient (Wildman–Crippen LogP) is 3.16. The minimum absolute atomic E-state index is 0.384. The van der Waals surface area contributed by atoms with Gasteiger partial charge < -0.3 is 9.80 Å². The third kappa shape index (κ3) is 3.49. The van der Waals surface area contributed by atoms with Crippen LogP contribution in [-0.4, -0.2) is 47.9 Å². The first-order chi connectivity index (χ1) is 10.3. The molecule has 1 aromatic rings. The Morgan fingerprint density at radius 1 is 1.29 bits per heavy atom. The molecular formula is C17H26N2OS. The highest BCUT2D eigenvalue weighted by molar-refractivity contribution is 7.09. The second-order valence-corrected chi connectivity index (χ2v) is 7.45. The maximum atomic E-state index is 12.6. The highest BCUT2D eigenvalue weighted by Crippen LogP contribution is 2.29. The van der Waals surface area contributed by atoms with E-state index in [9.17, 15) is 4.79 Å². The van der Waals surface area contributed by atoms with Crippen molar-refractivity contribution >= 4 is 17.2 Å². The monoisotopic (exact) mass is 306 g/mol. The molecule has 4 heteroatoms. The average Bonchev–Trinajstić information content (AvgIpc) is 3.18. The predicted molar refractivity (Wildman–Crippen MR) is 87.6 cm³/mol. The van der Waals surface area contributed by atoms with Gasteiger partial charge in [-0.05, 0) is 63.6 Å². The summed E-state index contributed by atoms with van der Waals surface area (Å²) in [6, 6.07) is 5.34. The molecule has 0 aromatic carbocycles. The van der Waals surface area contributed by atoms with E-state index >= 15 is 0 Å². The smallest absolute Gasteiger partial charge is 0.222 e. The standard InChI is InChI=1S/C17H26N2OS/c1-18-11-3-8-15(18)16-9-4-12-19(16)17(20)10-2-6-14-7-5-13-21-14/h5,7,13,15-16H,2-4,6,8-12H2,1H3/t15-,16+/m0/s1. The summed E-state index contributed by atoms with van der Waals surface area (Å²) in [6.45, 7) is 2.18. The van der Waals surface area contributed by atoms with E-state index in [1.165, 1.54) is 37.1 Å². The number of likely N-dealkylation sites (tertiary alicyclic amines) is 2. The Labute approximate surface area is 131 Å². The Balaban J connectivity index is 1.51. The van der Waals surface area contributed by atoms with Crippen LogP contribution in [0.15, 0.2) is 17.5 Å². The van der Waals surface area contributed by atoms with Gasteiger partial charge in [-0.15, -0.1) is 11.3 Å². The van der Waals surface area contributed by atoms with Crippen LogP contribution in [0.1, 0.15) is 43.4 Å². The molecule has 0 radical (unpaired) electrons. The fourth-order valence-corrected chi connectivity index (χ4v) is 4.69. The number of carbonyl (C=O) groups excluding carboxylic acids is 1. The van der Waals surface area contributed by atoms with Gasteiger partial charge in [0.05, 0.1) is 0 Å². The summed E-state index contributed by atoms with van der Waals surface area (Å²) in [7, 11) is 2.22. The maximum absolute atomic E-state index is 12.6. The van der Waals surface area contributed by atoms with Crippen molar-refractivity contribution in [2.45, 2.75) is 57.0 Å². The normalized spacial score (nSPS) is 26.6. The number of hydrogen-bond donors (Lipinski definition) is 0. The molecule has 2 aliphatic rings. The molecule has 3 nitrogen and oxygen atoms in total. The molecule has 2 atom stereocenters. The summed E-state index contributed by atoms with van der Waals surface area (Å²) < 4.78 is 0. The second kappa shape index (κ2) is 6.93. The van der Waals surface area contributed by atoms with Gasteiger partial charge in [-0.3, -0.25) is 4.79 Å². The van der Waals surface area contributed by atoms with Crippen molar-refractivity contribution in [3.05, 3.63) is 22.4 Å². The van der Waals surface area contributed by atoms with Crippen LogP contribution in [0.4, 0.5) is 0 Å². The van der Waals surface area contributed by atoms with Gasteiger partial charge in [0, 0.05) is 29.9 Å². The average molecular weight is 306 g/mol. The van der Waals surface area contributed by atoms with Gasteiger partial charge in [-0.2, -0.15) is 0 Å². The van der Waals surface area contributed by atoms with Crippen LogP contribution in [-0.2, 0) is 11.2 Å². The zero-order chi connectivity index (χ0) is 14.7. The zero-order valence-corrected chi connectivity index (χ0v) is 13.8. The number of thiophene rings is 1. The summed E-state index contributed by atoms with van der Waals surface area (Å²) >= 11 is 1.80. The van der Waals surface area contributed by atoms with Gasteiger partial charge in [-0.1, -0.05) is 6.07 Å². The summed E-state index contributed by atoms with van der Waals surface area (Å²) in [4.78, 5) is 18.6. The number of rotatable bonds is 5. The molecule has 3 rings (SSSR count). The van der Waals surface area contributed by atoms with Crippen molar-refractivity contribution in [2.24, 2.45) is 0 Å². The zero-order valence-electron chi connectivity index (χ0n) is 13.0. The Bertz CT molecular complexity index is 459. The minimum atomic E-state index is 0.384. The molecule has 2 fully saturated rings. The molecule has 0 unspecified atom stereocenters. The van der Waals surface area contributed by atoms with Crippen LogP contribution >= 0.6 is 11.3 Å². The highest BCUT2D eigenvalue weighted by Gasteiger charge is 2.37. The fraction of sp³-hybridized carbons (Fsp3) is 0.706. The number of aryl methyl sites for hydroxylation is 1. The van der Waals surface area contributed by atoms with Crippen molar-refractivity contribution in [3.63, 3.8) is 0 Å². The van der Waals surface area contributed by atoms with Crippen molar-refractivity contribution in [2.75, 3.05) is 20.1 Å². The van der Waals surface area contributed by atoms with Crippen LogP contribution in [0.5, 0.6) is 0 Å². The molecule has 21 heavy (non-hydrogen) atoms. The summed E-state index contributed by atoms with van der Waals surface area (Å²) in [5.74, 6) is 0.384. The first kappa shape index (κ1) is 15.0. The van der Waals surface area contributed by atoms with E-state index in [1.54, 1.807) is 11.3 Å². The highest BCUT2D eigenvalue weighted by atomic mass is 32.1. The largest absolute Gasteiger partial charge is 0.338 e.